The largest absolute Gasteiger partial charge is 0.872 e. The average Bonchev–Trinajstić information content (AvgIpc) is 3.25. The lowest BCUT2D eigenvalue weighted by Crippen LogP contribution is -2.19. The van der Waals surface area contributed by atoms with Gasteiger partial charge in [-0.15, -0.1) is 0 Å². The Balaban J connectivity index is 1.26. The van der Waals surface area contributed by atoms with Crippen molar-refractivity contribution in [1.29, 1.82) is 0 Å². The van der Waals surface area contributed by atoms with E-state index in [0.29, 0.717) is 0 Å². The van der Waals surface area contributed by atoms with Crippen LogP contribution in [0.1, 0.15) is 11.1 Å². The number of rotatable bonds is 8. The minimum Gasteiger partial charge on any atom is -0.872 e. The molecule has 32 heavy (non-hydrogen) atoms. The number of carbonyl (C=O) groups excluding carboxylic acids is 1. The van der Waals surface area contributed by atoms with Crippen LogP contribution in [-0.2, 0) is 10.5 Å². The van der Waals surface area contributed by atoms with Gasteiger partial charge in [0.2, 0.25) is 4.34 Å². The Bertz CT molecular complexity index is 1270. The molecule has 1 heterocycles. The van der Waals surface area contributed by atoms with Crippen molar-refractivity contribution in [3.8, 4) is 11.5 Å². The summed E-state index contributed by atoms with van der Waals surface area (Å²) >= 11 is 4.48. The summed E-state index contributed by atoms with van der Waals surface area (Å²) in [5.74, 6) is 0.175. The molecule has 4 rings (SSSR count). The first-order valence-corrected chi connectivity index (χ1v) is 12.3. The molecule has 1 aromatic heterocycles. The molecule has 0 aliphatic heterocycles. The summed E-state index contributed by atoms with van der Waals surface area (Å²) in [4.78, 5) is 12.0. The van der Waals surface area contributed by atoms with E-state index in [1.807, 2.05) is 12.1 Å². The standard InChI is InChI=1S/C22H18N4O3S3/c27-17-9-8-15(19(28)10-17)11-23-24-20(29)13-31-22-26-25-21(32-22)30-12-16-6-3-5-14-4-1-2-7-18(14)16/h1-11,27-28H,12-13H2,(H,24,29)/b23-11+. The van der Waals surface area contributed by atoms with Crippen LogP contribution in [-0.4, -0.2) is 28.1 Å². The number of hydrazone groups is 1. The van der Waals surface area contributed by atoms with E-state index in [2.05, 4.69) is 51.1 Å². The van der Waals surface area contributed by atoms with E-state index in [1.165, 1.54) is 57.8 Å². The highest BCUT2D eigenvalue weighted by atomic mass is 32.2. The van der Waals surface area contributed by atoms with Crippen LogP contribution in [0.5, 0.6) is 11.5 Å². The van der Waals surface area contributed by atoms with Gasteiger partial charge in [-0.3, -0.25) is 4.79 Å². The number of aromatic hydroxyl groups is 1. The third kappa shape index (κ3) is 5.78. The number of phenolic OH excluding ortho intramolecular Hbond substituents is 1. The van der Waals surface area contributed by atoms with Gasteiger partial charge >= 0.3 is 4.34 Å². The van der Waals surface area contributed by atoms with Crippen LogP contribution in [0.2, 0.25) is 0 Å². The average molecular weight is 483 g/mol. The lowest BCUT2D eigenvalue weighted by molar-refractivity contribution is -0.492. The zero-order valence-electron chi connectivity index (χ0n) is 16.6. The Morgan fingerprint density at radius 3 is 2.91 bits per heavy atom. The fraction of sp³-hybridized carbons (Fsp3) is 0.0909. The summed E-state index contributed by atoms with van der Waals surface area (Å²) in [6, 6.07) is 18.5. The van der Waals surface area contributed by atoms with Gasteiger partial charge in [0.25, 0.3) is 5.91 Å². The minimum absolute atomic E-state index is 0.109. The molecule has 0 aliphatic rings. The smallest absolute Gasteiger partial charge is 0.323 e. The molecule has 4 aromatic rings. The van der Waals surface area contributed by atoms with Gasteiger partial charge in [0, 0.05) is 10.9 Å². The van der Waals surface area contributed by atoms with Crippen molar-refractivity contribution in [2.75, 3.05) is 5.75 Å². The molecule has 0 fully saturated rings. The third-order valence-electron chi connectivity index (χ3n) is 4.37. The zero-order chi connectivity index (χ0) is 22.3. The number of nitrogens with one attached hydrogen (secondary N) is 2. The molecule has 0 saturated carbocycles. The molecular formula is C22H18N4O3S3. The van der Waals surface area contributed by atoms with Gasteiger partial charge in [-0.1, -0.05) is 71.1 Å². The highest BCUT2D eigenvalue weighted by Crippen LogP contribution is 2.30. The molecule has 0 atom stereocenters. The molecule has 0 saturated heterocycles. The number of aromatic amines is 1. The van der Waals surface area contributed by atoms with Crippen molar-refractivity contribution in [2.45, 2.75) is 14.4 Å². The maximum atomic E-state index is 12.0. The van der Waals surface area contributed by atoms with Gasteiger partial charge in [0.1, 0.15) is 5.75 Å². The van der Waals surface area contributed by atoms with Crippen molar-refractivity contribution in [1.82, 2.24) is 10.5 Å². The van der Waals surface area contributed by atoms with Crippen LogP contribution < -0.4 is 15.6 Å². The molecule has 0 spiro atoms. The van der Waals surface area contributed by atoms with Gasteiger partial charge in [-0.2, -0.15) is 5.10 Å². The second-order valence-electron chi connectivity index (χ2n) is 6.61. The Kier molecular flexibility index (Phi) is 7.25. The minimum atomic E-state index is -0.371. The number of hydrogen-bond acceptors (Lipinski definition) is 8. The van der Waals surface area contributed by atoms with Crippen LogP contribution in [0.25, 0.3) is 10.8 Å². The first-order chi connectivity index (χ1) is 15.6. The van der Waals surface area contributed by atoms with E-state index in [9.17, 15) is 15.0 Å². The number of thioether (sulfide) groups is 2. The molecule has 3 N–H and O–H groups in total. The molecule has 0 bridgehead atoms. The number of phenols is 1. The van der Waals surface area contributed by atoms with Gasteiger partial charge in [-0.05, 0) is 57.1 Å². The Morgan fingerprint density at radius 1 is 1.19 bits per heavy atom. The van der Waals surface area contributed by atoms with Crippen molar-refractivity contribution < 1.29 is 20.1 Å². The van der Waals surface area contributed by atoms with Crippen molar-refractivity contribution in [2.24, 2.45) is 5.10 Å². The number of nitrogens with zero attached hydrogens (tertiary/aromatic N) is 2. The van der Waals surface area contributed by atoms with Crippen LogP contribution in [0.4, 0.5) is 0 Å². The molecule has 0 aliphatic carbocycles. The van der Waals surface area contributed by atoms with Gasteiger partial charge in [-0.25, -0.2) is 5.43 Å². The van der Waals surface area contributed by atoms with E-state index >= 15 is 0 Å². The van der Waals surface area contributed by atoms with E-state index in [0.717, 1.165) is 20.5 Å². The lowest BCUT2D eigenvalue weighted by atomic mass is 10.1. The normalized spacial score (nSPS) is 11.2. The zero-order valence-corrected chi connectivity index (χ0v) is 19.1. The van der Waals surface area contributed by atoms with E-state index < -0.39 is 0 Å². The number of benzene rings is 3. The highest BCUT2D eigenvalue weighted by Gasteiger charge is 2.14. The summed E-state index contributed by atoms with van der Waals surface area (Å²) in [6.07, 6.45) is 1.25. The summed E-state index contributed by atoms with van der Waals surface area (Å²) < 4.78 is 1.72. The summed E-state index contributed by atoms with van der Waals surface area (Å²) in [7, 11) is 0. The van der Waals surface area contributed by atoms with Gasteiger partial charge in [0.05, 0.1) is 12.0 Å². The fourth-order valence-electron chi connectivity index (χ4n) is 2.86. The number of H-pyrrole nitrogens is 1. The van der Waals surface area contributed by atoms with Gasteiger partial charge < -0.3 is 10.2 Å². The van der Waals surface area contributed by atoms with Crippen LogP contribution in [0, 0.1) is 0 Å². The topological polar surface area (TPSA) is 112 Å². The van der Waals surface area contributed by atoms with Crippen molar-refractivity contribution >= 4 is 57.8 Å². The lowest BCUT2D eigenvalue weighted by Gasteiger charge is -2.09. The van der Waals surface area contributed by atoms with Crippen LogP contribution >= 0.6 is 34.9 Å². The number of carbonyl (C=O) groups is 1. The van der Waals surface area contributed by atoms with Crippen LogP contribution in [0.3, 0.4) is 0 Å². The molecule has 0 radical (unpaired) electrons. The second kappa shape index (κ2) is 10.5. The van der Waals surface area contributed by atoms with E-state index in [1.54, 1.807) is 11.8 Å². The molecule has 7 nitrogen and oxygen atoms in total. The SMILES string of the molecule is O=C(CSc1n[nH+]c(SCc2cccc3ccccc23)s1)N/N=C/c1ccc(O)cc1[O-]. The Labute approximate surface area is 196 Å². The molecule has 10 heteroatoms. The summed E-state index contributed by atoms with van der Waals surface area (Å²) in [5, 5.41) is 34.4. The molecule has 0 unspecified atom stereocenters. The van der Waals surface area contributed by atoms with Crippen molar-refractivity contribution in [3.05, 3.63) is 71.8 Å². The first kappa shape index (κ1) is 22.1. The monoisotopic (exact) mass is 482 g/mol. The third-order valence-corrected chi connectivity index (χ3v) is 7.68. The highest BCUT2D eigenvalue weighted by molar-refractivity contribution is 8.03. The quantitative estimate of drug-likeness (QED) is 0.226. The summed E-state index contributed by atoms with van der Waals surface area (Å²) in [5.41, 5.74) is 3.92. The maximum absolute atomic E-state index is 12.0. The predicted molar refractivity (Wildman–Crippen MR) is 126 cm³/mol. The Morgan fingerprint density at radius 2 is 2.03 bits per heavy atom. The van der Waals surface area contributed by atoms with Gasteiger partial charge in [0.15, 0.2) is 0 Å². The molecule has 162 valence electrons. The van der Waals surface area contributed by atoms with E-state index in [4.69, 9.17) is 0 Å². The van der Waals surface area contributed by atoms with Crippen LogP contribution in [0.15, 0.2) is 74.4 Å². The fourth-order valence-corrected chi connectivity index (χ4v) is 5.75. The predicted octanol–water partition coefficient (Wildman–Crippen LogP) is 3.42. The number of aromatic nitrogens is 2. The number of hydrogen-bond donors (Lipinski definition) is 2. The van der Waals surface area contributed by atoms with E-state index in [-0.39, 0.29) is 28.7 Å². The first-order valence-electron chi connectivity index (χ1n) is 9.51. The second-order valence-corrected chi connectivity index (χ2v) is 10.1. The maximum Gasteiger partial charge on any atom is 0.323 e. The molecule has 3 aromatic carbocycles. The number of fused-ring (bicyclic) bond motifs is 1. The molecule has 1 amide bonds. The summed E-state index contributed by atoms with van der Waals surface area (Å²) in [6.45, 7) is 0. The Hall–Kier alpha value is -3.08. The number of amides is 1. The van der Waals surface area contributed by atoms with Crippen molar-refractivity contribution in [3.63, 3.8) is 0 Å². The molecular weight excluding hydrogens is 464 g/mol.